The quantitative estimate of drug-likeness (QED) is 0.468. The highest BCUT2D eigenvalue weighted by atomic mass is 13.9. The lowest BCUT2D eigenvalue weighted by atomic mass is 10.1. The van der Waals surface area contributed by atoms with Gasteiger partial charge in [0.05, 0.1) is 0 Å². The Morgan fingerprint density at radius 2 is 2.00 bits per heavy atom. The Kier molecular flexibility index (Phi) is 2.73. The van der Waals surface area contributed by atoms with Crippen molar-refractivity contribution in [2.45, 2.75) is 20.3 Å². The maximum atomic E-state index is 5.43. The fraction of sp³-hybridized carbons (Fsp3) is 0.429. The van der Waals surface area contributed by atoms with Crippen molar-refractivity contribution in [3.63, 3.8) is 0 Å². The topological polar surface area (TPSA) is 0 Å². The smallest absolute Gasteiger partial charge is 0.00573 e. The molecule has 0 rings (SSSR count). The van der Waals surface area contributed by atoms with Gasteiger partial charge in [-0.2, -0.15) is 0 Å². The van der Waals surface area contributed by atoms with Crippen molar-refractivity contribution >= 4 is 0 Å². The number of hydrogen-bond acceptors (Lipinski definition) is 0. The van der Waals surface area contributed by atoms with E-state index in [-0.39, 0.29) is 0 Å². The van der Waals surface area contributed by atoms with E-state index in [1.807, 2.05) is 13.8 Å². The molecule has 0 aliphatic rings. The fourth-order valence-electron chi connectivity index (χ4n) is 0.250. The minimum absolute atomic E-state index is 0.725. The summed E-state index contributed by atoms with van der Waals surface area (Å²) in [5, 5.41) is 0. The Hall–Kier alpha value is -0.260. The molecular weight excluding hydrogens is 84.1 g/mol. The van der Waals surface area contributed by atoms with E-state index < -0.39 is 0 Å². The van der Waals surface area contributed by atoms with Gasteiger partial charge in [0.15, 0.2) is 0 Å². The Morgan fingerprint density at radius 3 is 2.00 bits per heavy atom. The van der Waals surface area contributed by atoms with Gasteiger partial charge < -0.3 is 0 Å². The average Bonchev–Trinajstić information content (AvgIpc) is 1.65. The molecule has 7 heavy (non-hydrogen) atoms. The highest BCUT2D eigenvalue weighted by Crippen LogP contribution is 2.03. The molecule has 0 N–H and O–H groups in total. The van der Waals surface area contributed by atoms with Crippen molar-refractivity contribution in [1.82, 2.24) is 0 Å². The van der Waals surface area contributed by atoms with Crippen molar-refractivity contribution in [3.05, 3.63) is 25.0 Å². The molecule has 0 aromatic heterocycles. The molecule has 0 amide bonds. The minimum atomic E-state index is 0.725. The first-order chi connectivity index (χ1) is 3.18. The van der Waals surface area contributed by atoms with E-state index in [1.54, 1.807) is 0 Å². The lowest BCUT2D eigenvalue weighted by Gasteiger charge is -1.94. The number of allylic oxidation sites excluding steroid dienone is 2. The fourth-order valence-corrected chi connectivity index (χ4v) is 0.250. The Morgan fingerprint density at radius 1 is 1.57 bits per heavy atom. The second-order valence-corrected chi connectivity index (χ2v) is 1.78. The Balaban J connectivity index is 3.72. The zero-order chi connectivity index (χ0) is 5.86. The third-order valence-electron chi connectivity index (χ3n) is 0.912. The van der Waals surface area contributed by atoms with E-state index >= 15 is 0 Å². The first-order valence-corrected chi connectivity index (χ1v) is 2.39. The summed E-state index contributed by atoms with van der Waals surface area (Å²) in [6.45, 7) is 13.0. The van der Waals surface area contributed by atoms with Crippen LogP contribution in [0.2, 0.25) is 0 Å². The van der Waals surface area contributed by atoms with Crippen LogP contribution in [-0.2, 0) is 0 Å². The van der Waals surface area contributed by atoms with E-state index in [0.29, 0.717) is 0 Å². The van der Waals surface area contributed by atoms with Gasteiger partial charge in [-0.05, 0) is 34.1 Å². The second kappa shape index (κ2) is 2.84. The predicted molar refractivity (Wildman–Crippen MR) is 32.6 cm³/mol. The lowest BCUT2D eigenvalue weighted by Crippen LogP contribution is -1.74. The van der Waals surface area contributed by atoms with Crippen molar-refractivity contribution in [1.29, 1.82) is 0 Å². The molecule has 0 bridgehead atoms. The van der Waals surface area contributed by atoms with Crippen LogP contribution in [0, 0.1) is 13.8 Å². The first kappa shape index (κ1) is 6.74. The van der Waals surface area contributed by atoms with Crippen LogP contribution in [-0.4, -0.2) is 0 Å². The molecule has 3 radical (unpaired) electrons. The Labute approximate surface area is 46.2 Å². The monoisotopic (exact) mass is 95.1 g/mol. The average molecular weight is 95.2 g/mol. The molecule has 0 aromatic carbocycles. The van der Waals surface area contributed by atoms with Crippen molar-refractivity contribution in [2.24, 2.45) is 0 Å². The van der Waals surface area contributed by atoms with Crippen LogP contribution in [0.4, 0.5) is 0 Å². The zero-order valence-electron chi connectivity index (χ0n) is 4.99. The largest absolute Gasteiger partial charge is 0.0769 e. The Bertz CT molecular complexity index is 74.0. The van der Waals surface area contributed by atoms with E-state index in [4.69, 9.17) is 6.92 Å². The van der Waals surface area contributed by atoms with Gasteiger partial charge >= 0.3 is 0 Å². The third-order valence-corrected chi connectivity index (χ3v) is 0.912. The van der Waals surface area contributed by atoms with E-state index in [2.05, 4.69) is 6.92 Å². The maximum Gasteiger partial charge on any atom is -0.00573 e. The molecule has 0 spiro atoms. The van der Waals surface area contributed by atoms with Gasteiger partial charge in [0.1, 0.15) is 0 Å². The molecule has 0 fully saturated rings. The van der Waals surface area contributed by atoms with Gasteiger partial charge in [0.25, 0.3) is 0 Å². The van der Waals surface area contributed by atoms with Crippen LogP contribution in [0.15, 0.2) is 11.1 Å². The summed E-state index contributed by atoms with van der Waals surface area (Å²) in [5.41, 5.74) is 2.08. The molecule has 0 saturated heterocycles. The van der Waals surface area contributed by atoms with Crippen molar-refractivity contribution < 1.29 is 0 Å². The number of hydrogen-bond donors (Lipinski definition) is 0. The standard InChI is InChI=1S/C7H11/c1-5-7(4)6(2)3/h4H,1,5H2,2-3H3. The molecule has 0 heteroatoms. The summed E-state index contributed by atoms with van der Waals surface area (Å²) in [7, 11) is 0. The molecule has 0 aromatic rings. The van der Waals surface area contributed by atoms with Crippen LogP contribution >= 0.6 is 0 Å². The molecule has 0 nitrogen and oxygen atoms in total. The van der Waals surface area contributed by atoms with Gasteiger partial charge in [-0.1, -0.05) is 11.1 Å². The van der Waals surface area contributed by atoms with E-state index in [0.717, 1.165) is 12.0 Å². The minimum Gasteiger partial charge on any atom is -0.0769 e. The normalized spacial score (nSPS) is 8.57. The molecule has 0 aliphatic heterocycles. The third kappa shape index (κ3) is 2.44. The van der Waals surface area contributed by atoms with Crippen LogP contribution in [0.3, 0.4) is 0 Å². The molecular formula is C7H11. The zero-order valence-corrected chi connectivity index (χ0v) is 4.99. The van der Waals surface area contributed by atoms with Crippen molar-refractivity contribution in [2.75, 3.05) is 0 Å². The lowest BCUT2D eigenvalue weighted by molar-refractivity contribution is 1.19. The highest BCUT2D eigenvalue weighted by Gasteiger charge is 1.83. The molecule has 0 saturated carbocycles. The summed E-state index contributed by atoms with van der Waals surface area (Å²) >= 11 is 0. The summed E-state index contributed by atoms with van der Waals surface area (Å²) in [4.78, 5) is 0. The van der Waals surface area contributed by atoms with Crippen LogP contribution in [0.1, 0.15) is 20.3 Å². The summed E-state index contributed by atoms with van der Waals surface area (Å²) in [5.74, 6) is 0. The van der Waals surface area contributed by atoms with Crippen LogP contribution < -0.4 is 0 Å². The van der Waals surface area contributed by atoms with E-state index in [1.165, 1.54) is 5.57 Å². The molecule has 0 aliphatic carbocycles. The van der Waals surface area contributed by atoms with Crippen molar-refractivity contribution in [3.8, 4) is 0 Å². The van der Waals surface area contributed by atoms with Crippen LogP contribution in [0.5, 0.6) is 0 Å². The molecule has 0 heterocycles. The first-order valence-electron chi connectivity index (χ1n) is 2.39. The summed E-state index contributed by atoms with van der Waals surface area (Å²) in [6, 6.07) is 0. The molecule has 39 valence electrons. The van der Waals surface area contributed by atoms with E-state index in [9.17, 15) is 0 Å². The van der Waals surface area contributed by atoms with Crippen LogP contribution in [0.25, 0.3) is 0 Å². The highest BCUT2D eigenvalue weighted by molar-refractivity contribution is 5.12. The van der Waals surface area contributed by atoms with Gasteiger partial charge in [0, 0.05) is 0 Å². The second-order valence-electron chi connectivity index (χ2n) is 1.78. The van der Waals surface area contributed by atoms with Gasteiger partial charge in [-0.3, -0.25) is 0 Å². The summed E-state index contributed by atoms with van der Waals surface area (Å²) in [6.07, 6.45) is 0.725. The summed E-state index contributed by atoms with van der Waals surface area (Å²) < 4.78 is 0. The predicted octanol–water partition coefficient (Wildman–Crippen LogP) is 2.26. The maximum absolute atomic E-state index is 5.43. The molecule has 0 atom stereocenters. The SMILES string of the molecule is [CH]C(C[CH2])=C(C)C. The van der Waals surface area contributed by atoms with Gasteiger partial charge in [-0.15, -0.1) is 0 Å². The van der Waals surface area contributed by atoms with Gasteiger partial charge in [0.2, 0.25) is 0 Å². The van der Waals surface area contributed by atoms with Gasteiger partial charge in [-0.25, -0.2) is 0 Å². The molecule has 0 unspecified atom stereocenters. The number of rotatable bonds is 1.